The molecule has 0 bridgehead atoms. The number of likely N-dealkylation sites (tertiary alicyclic amines) is 1. The second kappa shape index (κ2) is 12.2. The number of hydrogen-bond donors (Lipinski definition) is 1. The standard InChI is InChI=1S/C31H34ClN7O4/c1-36-14-4-7-22(36)19-43-30-34-25-18-39(26-9-3-6-20-5-2-8-24(32)28(20)26)27(40)11-10-23(25)29(35-30)37-15-16-38(31(41)42)21(17-37)12-13-33/h2-3,5-6,8-9,21-22H,4,7,10-12,14-19H2,1H3,(H,41,42). The van der Waals surface area contributed by atoms with Crippen LogP contribution in [0.2, 0.25) is 5.02 Å². The number of aromatic nitrogens is 2. The van der Waals surface area contributed by atoms with Gasteiger partial charge in [0.1, 0.15) is 12.4 Å². The summed E-state index contributed by atoms with van der Waals surface area (Å²) in [5.74, 6) is 0.586. The summed E-state index contributed by atoms with van der Waals surface area (Å²) in [5.41, 5.74) is 2.25. The van der Waals surface area contributed by atoms with E-state index in [0.29, 0.717) is 42.7 Å². The first-order valence-corrected chi connectivity index (χ1v) is 15.0. The largest absolute Gasteiger partial charge is 0.465 e. The molecule has 224 valence electrons. The van der Waals surface area contributed by atoms with Crippen molar-refractivity contribution in [2.75, 3.05) is 49.6 Å². The number of nitrogens with zero attached hydrogens (tertiary/aromatic N) is 7. The molecule has 0 aliphatic carbocycles. The highest BCUT2D eigenvalue weighted by molar-refractivity contribution is 6.37. The van der Waals surface area contributed by atoms with Gasteiger partial charge >= 0.3 is 12.1 Å². The summed E-state index contributed by atoms with van der Waals surface area (Å²) in [7, 11) is 2.08. The van der Waals surface area contributed by atoms with Crippen LogP contribution in [0.1, 0.15) is 36.9 Å². The topological polar surface area (TPSA) is 126 Å². The first-order chi connectivity index (χ1) is 20.8. The van der Waals surface area contributed by atoms with Gasteiger partial charge in [-0.3, -0.25) is 4.79 Å². The number of carbonyl (C=O) groups excluding carboxylic acids is 1. The maximum atomic E-state index is 13.7. The molecule has 3 aliphatic rings. The van der Waals surface area contributed by atoms with E-state index in [4.69, 9.17) is 26.3 Å². The van der Waals surface area contributed by atoms with Crippen LogP contribution in [-0.4, -0.2) is 88.8 Å². The molecule has 1 N–H and O–H groups in total. The summed E-state index contributed by atoms with van der Waals surface area (Å²) >= 11 is 6.65. The summed E-state index contributed by atoms with van der Waals surface area (Å²) in [4.78, 5) is 42.6. The second-order valence-electron chi connectivity index (χ2n) is 11.4. The second-order valence-corrected chi connectivity index (χ2v) is 11.8. The molecule has 0 saturated carbocycles. The van der Waals surface area contributed by atoms with Gasteiger partial charge in [0.25, 0.3) is 0 Å². The summed E-state index contributed by atoms with van der Waals surface area (Å²) in [6, 6.07) is 13.6. The number of carboxylic acid groups (broad SMARTS) is 1. The van der Waals surface area contributed by atoms with E-state index >= 15 is 0 Å². The van der Waals surface area contributed by atoms with Gasteiger partial charge < -0.3 is 29.4 Å². The SMILES string of the molecule is CN1CCCC1COc1nc2c(c(N3CCN(C(=O)O)C(CC#N)C3)n1)CCC(=O)N(c1cccc3cccc(Cl)c13)C2. The number of piperazine rings is 1. The quantitative estimate of drug-likeness (QED) is 0.438. The van der Waals surface area contributed by atoms with Crippen LogP contribution in [0.25, 0.3) is 10.8 Å². The number of carbonyl (C=O) groups is 2. The molecule has 0 spiro atoms. The number of halogens is 1. The van der Waals surface area contributed by atoms with E-state index in [1.165, 1.54) is 4.90 Å². The molecule has 2 atom stereocenters. The molecular weight excluding hydrogens is 570 g/mol. The van der Waals surface area contributed by atoms with Crippen LogP contribution in [-0.2, 0) is 17.8 Å². The van der Waals surface area contributed by atoms with E-state index in [-0.39, 0.29) is 43.9 Å². The molecule has 43 heavy (non-hydrogen) atoms. The zero-order valence-corrected chi connectivity index (χ0v) is 24.8. The van der Waals surface area contributed by atoms with Crippen LogP contribution in [0, 0.1) is 11.3 Å². The number of anilines is 2. The Labute approximate surface area is 255 Å². The van der Waals surface area contributed by atoms with Crippen LogP contribution in [0.3, 0.4) is 0 Å². The van der Waals surface area contributed by atoms with Crippen molar-refractivity contribution in [2.45, 2.75) is 50.7 Å². The van der Waals surface area contributed by atoms with E-state index in [1.54, 1.807) is 4.90 Å². The van der Waals surface area contributed by atoms with Crippen molar-refractivity contribution in [1.29, 1.82) is 5.26 Å². The lowest BCUT2D eigenvalue weighted by Crippen LogP contribution is -2.55. The van der Waals surface area contributed by atoms with Gasteiger partial charge in [-0.2, -0.15) is 15.2 Å². The Morgan fingerprint density at radius 3 is 2.70 bits per heavy atom. The van der Waals surface area contributed by atoms with Crippen molar-refractivity contribution in [3.8, 4) is 12.1 Å². The molecule has 1 aromatic heterocycles. The lowest BCUT2D eigenvalue weighted by Gasteiger charge is -2.40. The molecule has 12 heteroatoms. The Bertz CT molecular complexity index is 1590. The molecule has 6 rings (SSSR count). The molecule has 2 saturated heterocycles. The Kier molecular flexibility index (Phi) is 8.23. The van der Waals surface area contributed by atoms with Gasteiger partial charge in [-0.15, -0.1) is 0 Å². The fourth-order valence-electron chi connectivity index (χ4n) is 6.47. The minimum Gasteiger partial charge on any atom is -0.465 e. The molecule has 0 radical (unpaired) electrons. The predicted octanol–water partition coefficient (Wildman–Crippen LogP) is 4.32. The maximum Gasteiger partial charge on any atom is 0.407 e. The lowest BCUT2D eigenvalue weighted by atomic mass is 10.1. The van der Waals surface area contributed by atoms with Crippen molar-refractivity contribution in [3.63, 3.8) is 0 Å². The zero-order chi connectivity index (χ0) is 30.1. The number of benzene rings is 2. The minimum atomic E-state index is -1.04. The fourth-order valence-corrected chi connectivity index (χ4v) is 6.75. The van der Waals surface area contributed by atoms with Gasteiger partial charge in [0, 0.05) is 43.0 Å². The molecular formula is C31H34ClN7O4. The Hall–Kier alpha value is -4.14. The van der Waals surface area contributed by atoms with Gasteiger partial charge in [-0.05, 0) is 50.4 Å². The van der Waals surface area contributed by atoms with E-state index in [1.807, 2.05) is 41.3 Å². The highest BCUT2D eigenvalue weighted by atomic mass is 35.5. The van der Waals surface area contributed by atoms with E-state index in [9.17, 15) is 20.0 Å². The van der Waals surface area contributed by atoms with Crippen molar-refractivity contribution in [1.82, 2.24) is 19.8 Å². The molecule has 2 aromatic carbocycles. The van der Waals surface area contributed by atoms with Gasteiger partial charge in [-0.1, -0.05) is 35.9 Å². The summed E-state index contributed by atoms with van der Waals surface area (Å²) < 4.78 is 6.22. The van der Waals surface area contributed by atoms with Gasteiger partial charge in [-0.25, -0.2) is 4.79 Å². The van der Waals surface area contributed by atoms with Crippen molar-refractivity contribution in [3.05, 3.63) is 52.7 Å². The highest BCUT2D eigenvalue weighted by Crippen LogP contribution is 2.37. The van der Waals surface area contributed by atoms with Crippen LogP contribution in [0.15, 0.2) is 36.4 Å². The van der Waals surface area contributed by atoms with Gasteiger partial charge in [0.15, 0.2) is 0 Å². The zero-order valence-electron chi connectivity index (χ0n) is 24.1. The van der Waals surface area contributed by atoms with Crippen LogP contribution in [0.5, 0.6) is 6.01 Å². The van der Waals surface area contributed by atoms with Crippen LogP contribution >= 0.6 is 11.6 Å². The molecule has 2 unspecified atom stereocenters. The average molecular weight is 604 g/mol. The first-order valence-electron chi connectivity index (χ1n) is 14.7. The van der Waals surface area contributed by atoms with Gasteiger partial charge in [0.05, 0.1) is 41.5 Å². The third-order valence-corrected chi connectivity index (χ3v) is 9.12. The molecule has 2 amide bonds. The van der Waals surface area contributed by atoms with Gasteiger partial charge in [0.2, 0.25) is 5.91 Å². The summed E-state index contributed by atoms with van der Waals surface area (Å²) in [6.45, 7) is 2.63. The lowest BCUT2D eigenvalue weighted by molar-refractivity contribution is -0.118. The van der Waals surface area contributed by atoms with Crippen LogP contribution < -0.4 is 14.5 Å². The molecule has 2 fully saturated rings. The first kappa shape index (κ1) is 29.0. The van der Waals surface area contributed by atoms with Crippen LogP contribution in [0.4, 0.5) is 16.3 Å². The van der Waals surface area contributed by atoms with Crippen molar-refractivity contribution >= 4 is 45.9 Å². The Morgan fingerprint density at radius 2 is 1.95 bits per heavy atom. The van der Waals surface area contributed by atoms with Crippen molar-refractivity contribution < 1.29 is 19.4 Å². The summed E-state index contributed by atoms with van der Waals surface area (Å²) in [5, 5.41) is 21.4. The average Bonchev–Trinajstić information content (AvgIpc) is 3.33. The maximum absolute atomic E-state index is 13.7. The van der Waals surface area contributed by atoms with Crippen molar-refractivity contribution in [2.24, 2.45) is 0 Å². The number of likely N-dealkylation sites (N-methyl/N-ethyl adjacent to an activating group) is 1. The number of nitriles is 1. The molecule has 4 heterocycles. The molecule has 11 nitrogen and oxygen atoms in total. The molecule has 3 aliphatic heterocycles. The number of ether oxygens (including phenoxy) is 1. The Balaban J connectivity index is 1.39. The van der Waals surface area contributed by atoms with E-state index < -0.39 is 12.1 Å². The number of fused-ring (bicyclic) bond motifs is 2. The number of hydrogen-bond acceptors (Lipinski definition) is 8. The fraction of sp³-hybridized carbons (Fsp3) is 0.452. The monoisotopic (exact) mass is 603 g/mol. The number of rotatable bonds is 6. The highest BCUT2D eigenvalue weighted by Gasteiger charge is 2.35. The normalized spacial score (nSPS) is 21.0. The molecule has 3 aromatic rings. The number of amides is 2. The predicted molar refractivity (Wildman–Crippen MR) is 163 cm³/mol. The smallest absolute Gasteiger partial charge is 0.407 e. The van der Waals surface area contributed by atoms with E-state index in [2.05, 4.69) is 18.0 Å². The van der Waals surface area contributed by atoms with E-state index in [0.717, 1.165) is 41.4 Å². The Morgan fingerprint density at radius 1 is 1.14 bits per heavy atom. The third-order valence-electron chi connectivity index (χ3n) is 8.80. The minimum absolute atomic E-state index is 0.0514. The third kappa shape index (κ3) is 5.77. The summed E-state index contributed by atoms with van der Waals surface area (Å²) in [6.07, 6.45) is 1.84.